The van der Waals surface area contributed by atoms with Crippen LogP contribution >= 0.6 is 11.8 Å². The minimum atomic E-state index is -0.329. The Bertz CT molecular complexity index is 885. The molecule has 0 atom stereocenters. The molecule has 1 aliphatic heterocycles. The number of ether oxygens (including phenoxy) is 3. The second kappa shape index (κ2) is 8.84. The summed E-state index contributed by atoms with van der Waals surface area (Å²) in [6.45, 7) is 2.42. The number of amides is 2. The van der Waals surface area contributed by atoms with Gasteiger partial charge in [0.1, 0.15) is 23.9 Å². The first-order valence-corrected chi connectivity index (χ1v) is 9.49. The van der Waals surface area contributed by atoms with Crippen LogP contribution < -0.4 is 14.2 Å². The van der Waals surface area contributed by atoms with Crippen LogP contribution in [-0.2, 0) is 4.79 Å². The van der Waals surface area contributed by atoms with Gasteiger partial charge in [0, 0.05) is 6.07 Å². The van der Waals surface area contributed by atoms with E-state index in [0.29, 0.717) is 22.2 Å². The summed E-state index contributed by atoms with van der Waals surface area (Å²) >= 11 is 0.913. The molecule has 0 saturated carbocycles. The molecule has 1 aliphatic rings. The van der Waals surface area contributed by atoms with Crippen molar-refractivity contribution in [1.82, 2.24) is 4.90 Å². The van der Waals surface area contributed by atoms with Crippen molar-refractivity contribution >= 4 is 29.0 Å². The molecule has 0 radical (unpaired) electrons. The molecule has 1 fully saturated rings. The molecule has 146 valence electrons. The highest BCUT2D eigenvalue weighted by atomic mass is 32.2. The molecule has 7 heteroatoms. The number of thioether (sulfide) groups is 1. The number of carbonyl (C=O) groups is 2. The topological polar surface area (TPSA) is 65.1 Å². The fourth-order valence-electron chi connectivity index (χ4n) is 2.65. The maximum Gasteiger partial charge on any atom is 0.293 e. The number of nitrogens with zero attached hydrogens (tertiary/aromatic N) is 1. The van der Waals surface area contributed by atoms with Gasteiger partial charge in [0.05, 0.1) is 25.7 Å². The molecular formula is C21H21NO5S. The number of methoxy groups -OCH3 is 2. The van der Waals surface area contributed by atoms with Gasteiger partial charge in [0.25, 0.3) is 11.1 Å². The maximum atomic E-state index is 12.6. The molecule has 2 aromatic rings. The number of hydrogen-bond donors (Lipinski definition) is 0. The zero-order valence-electron chi connectivity index (χ0n) is 15.9. The van der Waals surface area contributed by atoms with Crippen molar-refractivity contribution in [3.8, 4) is 17.2 Å². The second-order valence-corrected chi connectivity index (χ2v) is 7.13. The number of hydrogen-bond acceptors (Lipinski definition) is 6. The second-order valence-electron chi connectivity index (χ2n) is 6.14. The Morgan fingerprint density at radius 2 is 1.61 bits per heavy atom. The van der Waals surface area contributed by atoms with E-state index in [1.807, 2.05) is 31.2 Å². The molecule has 0 unspecified atom stereocenters. The Morgan fingerprint density at radius 3 is 2.21 bits per heavy atom. The third kappa shape index (κ3) is 4.67. The van der Waals surface area contributed by atoms with Crippen molar-refractivity contribution in [1.29, 1.82) is 0 Å². The van der Waals surface area contributed by atoms with Gasteiger partial charge in [-0.25, -0.2) is 0 Å². The molecule has 0 bridgehead atoms. The van der Waals surface area contributed by atoms with Gasteiger partial charge < -0.3 is 14.2 Å². The first kappa shape index (κ1) is 19.8. The van der Waals surface area contributed by atoms with Crippen LogP contribution in [0, 0.1) is 6.92 Å². The maximum absolute atomic E-state index is 12.6. The number of aryl methyl sites for hydroxylation is 1. The van der Waals surface area contributed by atoms with Crippen molar-refractivity contribution in [2.24, 2.45) is 0 Å². The molecule has 0 N–H and O–H groups in total. The lowest BCUT2D eigenvalue weighted by molar-refractivity contribution is -0.123. The number of rotatable bonds is 7. The minimum absolute atomic E-state index is 0.192. The van der Waals surface area contributed by atoms with Crippen LogP contribution in [0.15, 0.2) is 47.4 Å². The molecule has 1 heterocycles. The average molecular weight is 399 g/mol. The monoisotopic (exact) mass is 399 g/mol. The molecule has 0 aliphatic carbocycles. The van der Waals surface area contributed by atoms with E-state index in [2.05, 4.69) is 0 Å². The largest absolute Gasteiger partial charge is 0.497 e. The van der Waals surface area contributed by atoms with E-state index in [9.17, 15) is 9.59 Å². The SMILES string of the molecule is COc1cc(/C=C2\SC(=O)N(CCOc3ccc(C)cc3)C2=O)cc(OC)c1. The molecule has 0 aromatic heterocycles. The zero-order valence-corrected chi connectivity index (χ0v) is 16.7. The smallest absolute Gasteiger partial charge is 0.293 e. The molecule has 3 rings (SSSR count). The van der Waals surface area contributed by atoms with Gasteiger partial charge in [-0.3, -0.25) is 14.5 Å². The van der Waals surface area contributed by atoms with Crippen molar-refractivity contribution in [3.63, 3.8) is 0 Å². The van der Waals surface area contributed by atoms with Crippen LogP contribution in [0.2, 0.25) is 0 Å². The summed E-state index contributed by atoms with van der Waals surface area (Å²) in [6, 6.07) is 12.9. The molecule has 2 amide bonds. The summed E-state index contributed by atoms with van der Waals surface area (Å²) in [5.41, 5.74) is 1.86. The van der Waals surface area contributed by atoms with Gasteiger partial charge >= 0.3 is 0 Å². The Balaban J connectivity index is 1.67. The molecule has 28 heavy (non-hydrogen) atoms. The zero-order chi connectivity index (χ0) is 20.1. The lowest BCUT2D eigenvalue weighted by Crippen LogP contribution is -2.32. The molecule has 0 spiro atoms. The Labute approximate surface area is 168 Å². The lowest BCUT2D eigenvalue weighted by Gasteiger charge is -2.13. The Morgan fingerprint density at radius 1 is 0.964 bits per heavy atom. The van der Waals surface area contributed by atoms with Crippen LogP contribution in [0.5, 0.6) is 17.2 Å². The van der Waals surface area contributed by atoms with E-state index in [4.69, 9.17) is 14.2 Å². The predicted molar refractivity (Wildman–Crippen MR) is 109 cm³/mol. The third-order valence-electron chi connectivity index (χ3n) is 4.15. The highest BCUT2D eigenvalue weighted by Gasteiger charge is 2.34. The number of benzene rings is 2. The van der Waals surface area contributed by atoms with E-state index >= 15 is 0 Å². The van der Waals surface area contributed by atoms with Crippen LogP contribution in [0.1, 0.15) is 11.1 Å². The van der Waals surface area contributed by atoms with Gasteiger partial charge in [-0.2, -0.15) is 0 Å². The van der Waals surface area contributed by atoms with E-state index in [-0.39, 0.29) is 24.3 Å². The van der Waals surface area contributed by atoms with Gasteiger partial charge in [-0.1, -0.05) is 17.7 Å². The number of imide groups is 1. The quantitative estimate of drug-likeness (QED) is 0.653. The van der Waals surface area contributed by atoms with Gasteiger partial charge in [-0.05, 0) is 54.6 Å². The summed E-state index contributed by atoms with van der Waals surface area (Å²) < 4.78 is 16.1. The Kier molecular flexibility index (Phi) is 6.26. The summed E-state index contributed by atoms with van der Waals surface area (Å²) in [4.78, 5) is 26.4. The first-order valence-electron chi connectivity index (χ1n) is 8.68. The molecular weight excluding hydrogens is 378 g/mol. The van der Waals surface area contributed by atoms with Gasteiger partial charge in [-0.15, -0.1) is 0 Å². The van der Waals surface area contributed by atoms with Crippen molar-refractivity contribution < 1.29 is 23.8 Å². The molecule has 6 nitrogen and oxygen atoms in total. The standard InChI is InChI=1S/C21H21NO5S/c1-14-4-6-16(7-5-14)27-9-8-22-20(23)19(28-21(22)24)12-15-10-17(25-2)13-18(11-15)26-3/h4-7,10-13H,8-9H2,1-3H3/b19-12-. The first-order chi connectivity index (χ1) is 13.5. The average Bonchev–Trinajstić information content (AvgIpc) is 2.96. The minimum Gasteiger partial charge on any atom is -0.497 e. The van der Waals surface area contributed by atoms with Crippen LogP contribution in [0.25, 0.3) is 6.08 Å². The van der Waals surface area contributed by atoms with E-state index in [0.717, 1.165) is 22.9 Å². The molecule has 2 aromatic carbocycles. The van der Waals surface area contributed by atoms with Crippen LogP contribution in [-0.4, -0.2) is 43.4 Å². The van der Waals surface area contributed by atoms with E-state index < -0.39 is 0 Å². The predicted octanol–water partition coefficient (Wildman–Crippen LogP) is 4.13. The highest BCUT2D eigenvalue weighted by molar-refractivity contribution is 8.18. The lowest BCUT2D eigenvalue weighted by atomic mass is 10.2. The van der Waals surface area contributed by atoms with Crippen LogP contribution in [0.3, 0.4) is 0 Å². The normalized spacial score (nSPS) is 15.2. The van der Waals surface area contributed by atoms with E-state index in [1.54, 1.807) is 38.5 Å². The summed E-state index contributed by atoms with van der Waals surface area (Å²) in [7, 11) is 3.11. The molecule has 1 saturated heterocycles. The Hall–Kier alpha value is -2.93. The number of carbonyl (C=O) groups excluding carboxylic acids is 2. The van der Waals surface area contributed by atoms with Gasteiger partial charge in [0.2, 0.25) is 0 Å². The van der Waals surface area contributed by atoms with Crippen LogP contribution in [0.4, 0.5) is 4.79 Å². The summed E-state index contributed by atoms with van der Waals surface area (Å²) in [5.74, 6) is 1.59. The fourth-order valence-corrected chi connectivity index (χ4v) is 3.51. The highest BCUT2D eigenvalue weighted by Crippen LogP contribution is 2.33. The summed E-state index contributed by atoms with van der Waals surface area (Å²) in [6.07, 6.45) is 1.66. The van der Waals surface area contributed by atoms with E-state index in [1.165, 1.54) is 4.90 Å². The van der Waals surface area contributed by atoms with Crippen molar-refractivity contribution in [2.75, 3.05) is 27.4 Å². The summed E-state index contributed by atoms with van der Waals surface area (Å²) in [5, 5.41) is -0.307. The van der Waals surface area contributed by atoms with Crippen molar-refractivity contribution in [3.05, 3.63) is 58.5 Å². The fraction of sp³-hybridized carbons (Fsp3) is 0.238. The third-order valence-corrected chi connectivity index (χ3v) is 5.06. The van der Waals surface area contributed by atoms with Gasteiger partial charge in [0.15, 0.2) is 0 Å². The van der Waals surface area contributed by atoms with Crippen molar-refractivity contribution in [2.45, 2.75) is 6.92 Å².